The van der Waals surface area contributed by atoms with Crippen LogP contribution in [0.25, 0.3) is 20.9 Å². The normalized spacial score (nSPS) is 15.5. The lowest BCUT2D eigenvalue weighted by Gasteiger charge is -2.31. The molecular weight excluding hydrogens is 504 g/mol. The van der Waals surface area contributed by atoms with Crippen molar-refractivity contribution in [2.24, 2.45) is 22.1 Å². The van der Waals surface area contributed by atoms with Gasteiger partial charge in [0.15, 0.2) is 0 Å². The summed E-state index contributed by atoms with van der Waals surface area (Å²) in [6, 6.07) is 0. The Labute approximate surface area is 232 Å². The molecule has 2 fully saturated rings. The molecule has 13 nitrogen and oxygen atoms in total. The van der Waals surface area contributed by atoms with Gasteiger partial charge in [-0.3, -0.25) is 9.59 Å². The Morgan fingerprint density at radius 3 is 1.72 bits per heavy atom. The third-order valence-corrected chi connectivity index (χ3v) is 6.92. The van der Waals surface area contributed by atoms with Crippen molar-refractivity contribution in [3.63, 3.8) is 0 Å². The number of piperidine rings is 2. The van der Waals surface area contributed by atoms with Crippen LogP contribution in [0.15, 0.2) is 10.2 Å². The van der Waals surface area contributed by atoms with Crippen molar-refractivity contribution in [1.82, 2.24) is 10.2 Å². The number of hydrogen-bond donors (Lipinski definition) is 4. The summed E-state index contributed by atoms with van der Waals surface area (Å²) in [4.78, 5) is 29.2. The van der Waals surface area contributed by atoms with Crippen molar-refractivity contribution in [2.45, 2.75) is 89.9 Å². The van der Waals surface area contributed by atoms with Gasteiger partial charge in [0.2, 0.25) is 5.91 Å². The Hall–Kier alpha value is -2.56. The Morgan fingerprint density at radius 1 is 0.769 bits per heavy atom. The highest BCUT2D eigenvalue weighted by molar-refractivity contribution is 5.76. The van der Waals surface area contributed by atoms with E-state index in [4.69, 9.17) is 26.4 Å². The number of unbranched alkanes of at least 4 members (excludes halogenated alkanes) is 4. The van der Waals surface area contributed by atoms with Gasteiger partial charge >= 0.3 is 5.97 Å². The van der Waals surface area contributed by atoms with Crippen molar-refractivity contribution in [2.75, 3.05) is 52.5 Å². The molecule has 0 saturated carbocycles. The van der Waals surface area contributed by atoms with Gasteiger partial charge in [0, 0.05) is 62.1 Å². The van der Waals surface area contributed by atoms with Gasteiger partial charge in [0.25, 0.3) is 0 Å². The van der Waals surface area contributed by atoms with Gasteiger partial charge in [-0.1, -0.05) is 23.1 Å². The van der Waals surface area contributed by atoms with E-state index >= 15 is 0 Å². The predicted octanol–water partition coefficient (Wildman–Crippen LogP) is 4.79. The van der Waals surface area contributed by atoms with Crippen molar-refractivity contribution in [1.29, 1.82) is 0 Å². The van der Waals surface area contributed by atoms with E-state index in [1.54, 1.807) is 0 Å². The van der Waals surface area contributed by atoms with E-state index in [1.165, 1.54) is 12.8 Å². The standard InChI is InChI=1S/C13H24N4O2.C7H15NO.C6H11N3O2/c14-16-15-8-3-1-2-4-13(19)17-9-5-12(6-10-17)7-11-18;9-6-3-7-1-4-8-5-2-7;7-9-8-5-3-1-2-4-6(10)11/h12,18H,1-11H2;7-9H,1-6H2;1-5H2,(H,10,11). The van der Waals surface area contributed by atoms with Crippen molar-refractivity contribution in [3.05, 3.63) is 20.9 Å². The fourth-order valence-corrected chi connectivity index (χ4v) is 4.53. The van der Waals surface area contributed by atoms with Crippen LogP contribution in [-0.2, 0) is 9.59 Å². The fourth-order valence-electron chi connectivity index (χ4n) is 4.53. The second-order valence-corrected chi connectivity index (χ2v) is 9.97. The van der Waals surface area contributed by atoms with Crippen LogP contribution < -0.4 is 5.32 Å². The minimum absolute atomic E-state index is 0.205. The number of carboxylic acids is 1. The number of aliphatic hydroxyl groups is 2. The molecule has 0 spiro atoms. The summed E-state index contributed by atoms with van der Waals surface area (Å²) in [5.74, 6) is 0.842. The van der Waals surface area contributed by atoms with E-state index in [9.17, 15) is 9.59 Å². The van der Waals surface area contributed by atoms with Gasteiger partial charge in [-0.05, 0) is 100 Å². The van der Waals surface area contributed by atoms with Crippen LogP contribution in [0, 0.1) is 11.8 Å². The number of rotatable bonds is 16. The summed E-state index contributed by atoms with van der Waals surface area (Å²) in [7, 11) is 0. The molecule has 1 amide bonds. The zero-order valence-electron chi connectivity index (χ0n) is 23.5. The summed E-state index contributed by atoms with van der Waals surface area (Å²) < 4.78 is 0. The summed E-state index contributed by atoms with van der Waals surface area (Å²) in [5, 5.41) is 35.8. The van der Waals surface area contributed by atoms with Crippen molar-refractivity contribution < 1.29 is 24.9 Å². The molecule has 0 bridgehead atoms. The summed E-state index contributed by atoms with van der Waals surface area (Å²) in [6.07, 6.45) is 12.1. The van der Waals surface area contributed by atoms with E-state index in [0.29, 0.717) is 38.5 Å². The molecule has 13 heteroatoms. The average Bonchev–Trinajstić information content (AvgIpc) is 2.94. The average molecular weight is 555 g/mol. The molecule has 2 heterocycles. The Balaban J connectivity index is 0.000000611. The topological polar surface area (TPSA) is 208 Å². The van der Waals surface area contributed by atoms with Crippen LogP contribution >= 0.6 is 0 Å². The molecule has 0 atom stereocenters. The number of nitrogens with one attached hydrogen (secondary N) is 1. The number of carboxylic acid groups (broad SMARTS) is 1. The maximum Gasteiger partial charge on any atom is 0.303 e. The van der Waals surface area contributed by atoms with Crippen LogP contribution in [0.1, 0.15) is 89.9 Å². The molecule has 0 aromatic heterocycles. The molecule has 0 unspecified atom stereocenters. The van der Waals surface area contributed by atoms with Crippen molar-refractivity contribution >= 4 is 11.9 Å². The quantitative estimate of drug-likeness (QED) is 0.0911. The summed E-state index contributed by atoms with van der Waals surface area (Å²) in [5.41, 5.74) is 16.0. The largest absolute Gasteiger partial charge is 0.481 e. The monoisotopic (exact) mass is 554 g/mol. The van der Waals surface area contributed by atoms with Gasteiger partial charge < -0.3 is 25.5 Å². The highest BCUT2D eigenvalue weighted by atomic mass is 16.4. The highest BCUT2D eigenvalue weighted by Crippen LogP contribution is 2.21. The third-order valence-electron chi connectivity index (χ3n) is 6.92. The third kappa shape index (κ3) is 23.1. The first-order valence-corrected chi connectivity index (χ1v) is 14.4. The zero-order valence-corrected chi connectivity index (χ0v) is 23.5. The second-order valence-electron chi connectivity index (χ2n) is 9.97. The number of azide groups is 2. The van der Waals surface area contributed by atoms with E-state index in [0.717, 1.165) is 89.9 Å². The zero-order chi connectivity index (χ0) is 29.0. The lowest BCUT2D eigenvalue weighted by atomic mass is 9.94. The Kier molecular flexibility index (Phi) is 25.2. The minimum Gasteiger partial charge on any atom is -0.481 e. The molecule has 0 aromatic carbocycles. The van der Waals surface area contributed by atoms with Crippen LogP contribution in [-0.4, -0.2) is 84.6 Å². The second kappa shape index (κ2) is 27.0. The van der Waals surface area contributed by atoms with Gasteiger partial charge in [0.05, 0.1) is 0 Å². The molecule has 2 saturated heterocycles. The van der Waals surface area contributed by atoms with E-state index in [1.807, 2.05) is 4.90 Å². The fraction of sp³-hybridized carbons (Fsp3) is 0.923. The number of aliphatic hydroxyl groups excluding tert-OH is 2. The molecule has 0 radical (unpaired) electrons. The minimum atomic E-state index is -0.770. The number of hydrogen-bond acceptors (Lipinski definition) is 7. The molecule has 4 N–H and O–H groups in total. The smallest absolute Gasteiger partial charge is 0.303 e. The molecule has 2 rings (SSSR count). The number of aliphatic carboxylic acids is 1. The van der Waals surface area contributed by atoms with Crippen LogP contribution in [0.2, 0.25) is 0 Å². The highest BCUT2D eigenvalue weighted by Gasteiger charge is 2.21. The summed E-state index contributed by atoms with van der Waals surface area (Å²) >= 11 is 0. The molecule has 2 aliphatic rings. The van der Waals surface area contributed by atoms with E-state index < -0.39 is 5.97 Å². The van der Waals surface area contributed by atoms with Crippen molar-refractivity contribution in [3.8, 4) is 0 Å². The maximum absolute atomic E-state index is 11.9. The molecule has 224 valence electrons. The van der Waals surface area contributed by atoms with Gasteiger partial charge in [-0.25, -0.2) is 0 Å². The first-order valence-electron chi connectivity index (χ1n) is 14.4. The van der Waals surface area contributed by atoms with Crippen LogP contribution in [0.3, 0.4) is 0 Å². The molecule has 2 aliphatic heterocycles. The van der Waals surface area contributed by atoms with E-state index in [2.05, 4.69) is 25.4 Å². The van der Waals surface area contributed by atoms with Gasteiger partial charge in [-0.2, -0.15) is 0 Å². The molecular formula is C26H50N8O5. The van der Waals surface area contributed by atoms with Gasteiger partial charge in [0.1, 0.15) is 0 Å². The Morgan fingerprint density at radius 2 is 1.26 bits per heavy atom. The number of nitrogens with zero attached hydrogens (tertiary/aromatic N) is 7. The molecule has 0 aromatic rings. The Bertz CT molecular complexity index is 708. The summed E-state index contributed by atoms with van der Waals surface area (Å²) in [6.45, 7) is 5.57. The predicted molar refractivity (Wildman–Crippen MR) is 151 cm³/mol. The number of amides is 1. The van der Waals surface area contributed by atoms with Gasteiger partial charge in [-0.15, -0.1) is 0 Å². The number of carbonyl (C=O) groups is 2. The lowest BCUT2D eigenvalue weighted by Crippen LogP contribution is -2.38. The number of likely N-dealkylation sites (tertiary alicyclic amines) is 1. The van der Waals surface area contributed by atoms with E-state index in [-0.39, 0.29) is 18.9 Å². The molecule has 0 aliphatic carbocycles. The SMILES string of the molecule is OCCC1CCNCC1.[N-]=[N+]=NCCCCCC(=O)N1CCC(CCO)CC1.[N-]=[N+]=NCCCCCC(=O)O. The lowest BCUT2D eigenvalue weighted by molar-refractivity contribution is -0.137. The van der Waals surface area contributed by atoms with Crippen LogP contribution in [0.5, 0.6) is 0 Å². The molecule has 39 heavy (non-hydrogen) atoms. The van der Waals surface area contributed by atoms with Crippen LogP contribution in [0.4, 0.5) is 0 Å². The first kappa shape index (κ1) is 36.4. The maximum atomic E-state index is 11.9. The number of carbonyl (C=O) groups excluding carboxylic acids is 1. The first-order chi connectivity index (χ1) is 19.0.